The summed E-state index contributed by atoms with van der Waals surface area (Å²) in [5.41, 5.74) is 3.27. The number of carbonyl (C=O) groups is 1. The van der Waals surface area contributed by atoms with E-state index in [1.54, 1.807) is 12.4 Å². The van der Waals surface area contributed by atoms with Gasteiger partial charge >= 0.3 is 0 Å². The number of aryl methyl sites for hydroxylation is 2. The van der Waals surface area contributed by atoms with Crippen LogP contribution in [0.1, 0.15) is 28.5 Å². The average molecular weight is 339 g/mol. The van der Waals surface area contributed by atoms with Crippen molar-refractivity contribution in [2.24, 2.45) is 0 Å². The minimum atomic E-state index is -0.233. The second-order valence-electron chi connectivity index (χ2n) is 6.45. The Morgan fingerprint density at radius 1 is 1.12 bits per heavy atom. The normalized spacial score (nSPS) is 15.2. The average Bonchev–Trinajstić information content (AvgIpc) is 2.65. The zero-order valence-electron chi connectivity index (χ0n) is 15.1. The maximum absolute atomic E-state index is 12.4. The lowest BCUT2D eigenvalue weighted by Crippen LogP contribution is -2.46. The van der Waals surface area contributed by atoms with Crippen molar-refractivity contribution in [2.45, 2.75) is 20.8 Å². The molecule has 2 heterocycles. The minimum absolute atomic E-state index is 0.233. The Kier molecular flexibility index (Phi) is 5.28. The highest BCUT2D eigenvalue weighted by Crippen LogP contribution is 2.17. The molecule has 0 spiro atoms. The van der Waals surface area contributed by atoms with Gasteiger partial charge in [-0.3, -0.25) is 4.79 Å². The van der Waals surface area contributed by atoms with Gasteiger partial charge in [-0.25, -0.2) is 9.97 Å². The Hall–Kier alpha value is -2.47. The van der Waals surface area contributed by atoms with Crippen LogP contribution < -0.4 is 10.2 Å². The van der Waals surface area contributed by atoms with Crippen molar-refractivity contribution in [3.8, 4) is 0 Å². The summed E-state index contributed by atoms with van der Waals surface area (Å²) in [4.78, 5) is 25.8. The van der Waals surface area contributed by atoms with Gasteiger partial charge in [-0.2, -0.15) is 0 Å². The molecule has 1 N–H and O–H groups in total. The van der Waals surface area contributed by atoms with Crippen molar-refractivity contribution < 1.29 is 4.79 Å². The molecule has 0 atom stereocenters. The molecule has 0 unspecified atom stereocenters. The number of benzene rings is 1. The quantitative estimate of drug-likeness (QED) is 0.927. The topological polar surface area (TPSA) is 61.4 Å². The standard InChI is InChI=1S/C19H25N5O/c1-4-23-7-9-24(10-8-23)18-13-20-17(12-21-18)19(25)22-16-11-14(2)5-6-15(16)3/h5-6,11-13H,4,7-10H2,1-3H3,(H,22,25). The smallest absolute Gasteiger partial charge is 0.275 e. The number of amides is 1. The molecule has 6 heteroatoms. The number of aromatic nitrogens is 2. The van der Waals surface area contributed by atoms with Gasteiger partial charge in [0.15, 0.2) is 0 Å². The van der Waals surface area contributed by atoms with Crippen LogP contribution >= 0.6 is 0 Å². The number of hydrogen-bond donors (Lipinski definition) is 1. The maximum atomic E-state index is 12.4. The van der Waals surface area contributed by atoms with Gasteiger partial charge < -0.3 is 15.1 Å². The molecule has 0 radical (unpaired) electrons. The number of carbonyl (C=O) groups excluding carboxylic acids is 1. The molecular weight excluding hydrogens is 314 g/mol. The fourth-order valence-corrected chi connectivity index (χ4v) is 2.95. The summed E-state index contributed by atoms with van der Waals surface area (Å²) in [7, 11) is 0. The molecule has 1 fully saturated rings. The molecule has 0 bridgehead atoms. The first-order valence-corrected chi connectivity index (χ1v) is 8.74. The van der Waals surface area contributed by atoms with Gasteiger partial charge in [0.25, 0.3) is 5.91 Å². The van der Waals surface area contributed by atoms with E-state index >= 15 is 0 Å². The Bertz CT molecular complexity index is 736. The SMILES string of the molecule is CCN1CCN(c2cnc(C(=O)Nc3cc(C)ccc3C)cn2)CC1. The van der Waals surface area contributed by atoms with E-state index in [-0.39, 0.29) is 5.91 Å². The molecular formula is C19H25N5O. The molecule has 1 amide bonds. The van der Waals surface area contributed by atoms with E-state index < -0.39 is 0 Å². The third-order valence-corrected chi connectivity index (χ3v) is 4.66. The van der Waals surface area contributed by atoms with Gasteiger partial charge in [0.1, 0.15) is 11.5 Å². The lowest BCUT2D eigenvalue weighted by Gasteiger charge is -2.34. The molecule has 0 saturated carbocycles. The van der Waals surface area contributed by atoms with Crippen LogP contribution in [-0.2, 0) is 0 Å². The molecule has 1 aromatic heterocycles. The third-order valence-electron chi connectivity index (χ3n) is 4.66. The van der Waals surface area contributed by atoms with Crippen LogP contribution in [0.25, 0.3) is 0 Å². The summed E-state index contributed by atoms with van der Waals surface area (Å²) in [6.45, 7) is 11.2. The van der Waals surface area contributed by atoms with Crippen molar-refractivity contribution in [3.63, 3.8) is 0 Å². The van der Waals surface area contributed by atoms with Crippen LogP contribution in [0, 0.1) is 13.8 Å². The number of anilines is 2. The van der Waals surface area contributed by atoms with Gasteiger partial charge in [0, 0.05) is 31.9 Å². The van der Waals surface area contributed by atoms with E-state index in [4.69, 9.17) is 0 Å². The van der Waals surface area contributed by atoms with Gasteiger partial charge in [-0.05, 0) is 37.6 Å². The molecule has 3 rings (SSSR count). The molecule has 2 aromatic rings. The van der Waals surface area contributed by atoms with Crippen molar-refractivity contribution in [1.29, 1.82) is 0 Å². The number of likely N-dealkylation sites (N-methyl/N-ethyl adjacent to an activating group) is 1. The fourth-order valence-electron chi connectivity index (χ4n) is 2.95. The van der Waals surface area contributed by atoms with Gasteiger partial charge in [0.2, 0.25) is 0 Å². The highest BCUT2D eigenvalue weighted by Gasteiger charge is 2.18. The summed E-state index contributed by atoms with van der Waals surface area (Å²) < 4.78 is 0. The molecule has 1 aromatic carbocycles. The number of hydrogen-bond acceptors (Lipinski definition) is 5. The van der Waals surface area contributed by atoms with E-state index in [0.717, 1.165) is 55.4 Å². The van der Waals surface area contributed by atoms with Crippen molar-refractivity contribution in [1.82, 2.24) is 14.9 Å². The van der Waals surface area contributed by atoms with Crippen LogP contribution in [0.15, 0.2) is 30.6 Å². The minimum Gasteiger partial charge on any atom is -0.353 e. The maximum Gasteiger partial charge on any atom is 0.275 e. The molecule has 25 heavy (non-hydrogen) atoms. The van der Waals surface area contributed by atoms with E-state index in [9.17, 15) is 4.79 Å². The lowest BCUT2D eigenvalue weighted by atomic mass is 10.1. The van der Waals surface area contributed by atoms with Crippen molar-refractivity contribution >= 4 is 17.4 Å². The van der Waals surface area contributed by atoms with Crippen LogP contribution in [0.4, 0.5) is 11.5 Å². The number of nitrogens with one attached hydrogen (secondary N) is 1. The Balaban J connectivity index is 1.66. The first kappa shape index (κ1) is 17.4. The molecule has 6 nitrogen and oxygen atoms in total. The van der Waals surface area contributed by atoms with Crippen LogP contribution in [-0.4, -0.2) is 53.5 Å². The van der Waals surface area contributed by atoms with Crippen LogP contribution in [0.5, 0.6) is 0 Å². The zero-order valence-corrected chi connectivity index (χ0v) is 15.1. The molecule has 1 saturated heterocycles. The summed E-state index contributed by atoms with van der Waals surface area (Å²) in [6, 6.07) is 5.98. The van der Waals surface area contributed by atoms with Crippen LogP contribution in [0.3, 0.4) is 0 Å². The first-order chi connectivity index (χ1) is 12.1. The molecule has 0 aliphatic carbocycles. The fraction of sp³-hybridized carbons (Fsp3) is 0.421. The van der Waals surface area contributed by atoms with Crippen molar-refractivity contribution in [2.75, 3.05) is 42.9 Å². The Labute approximate surface area is 148 Å². The monoisotopic (exact) mass is 339 g/mol. The Morgan fingerprint density at radius 2 is 1.88 bits per heavy atom. The lowest BCUT2D eigenvalue weighted by molar-refractivity contribution is 0.102. The summed E-state index contributed by atoms with van der Waals surface area (Å²) in [6.07, 6.45) is 3.25. The largest absolute Gasteiger partial charge is 0.353 e. The molecule has 1 aliphatic heterocycles. The zero-order chi connectivity index (χ0) is 17.8. The van der Waals surface area contributed by atoms with Crippen LogP contribution in [0.2, 0.25) is 0 Å². The van der Waals surface area contributed by atoms with Gasteiger partial charge in [-0.15, -0.1) is 0 Å². The second-order valence-corrected chi connectivity index (χ2v) is 6.45. The summed E-state index contributed by atoms with van der Waals surface area (Å²) in [5.74, 6) is 0.600. The predicted octanol–water partition coefficient (Wildman–Crippen LogP) is 2.49. The predicted molar refractivity (Wildman–Crippen MR) is 100 cm³/mol. The number of piperazine rings is 1. The Morgan fingerprint density at radius 3 is 2.52 bits per heavy atom. The summed E-state index contributed by atoms with van der Waals surface area (Å²) >= 11 is 0. The molecule has 1 aliphatic rings. The third kappa shape index (κ3) is 4.14. The highest BCUT2D eigenvalue weighted by atomic mass is 16.1. The van der Waals surface area contributed by atoms with Gasteiger partial charge in [-0.1, -0.05) is 19.1 Å². The highest BCUT2D eigenvalue weighted by molar-refractivity contribution is 6.03. The summed E-state index contributed by atoms with van der Waals surface area (Å²) in [5, 5.41) is 2.92. The number of rotatable bonds is 4. The van der Waals surface area contributed by atoms with Gasteiger partial charge in [0.05, 0.1) is 12.4 Å². The second kappa shape index (κ2) is 7.61. The number of nitrogens with zero attached hydrogens (tertiary/aromatic N) is 4. The first-order valence-electron chi connectivity index (χ1n) is 8.74. The van der Waals surface area contributed by atoms with E-state index in [1.165, 1.54) is 0 Å². The van der Waals surface area contributed by atoms with E-state index in [0.29, 0.717) is 5.69 Å². The van der Waals surface area contributed by atoms with Crippen molar-refractivity contribution in [3.05, 3.63) is 47.4 Å². The van der Waals surface area contributed by atoms with E-state index in [2.05, 4.69) is 32.0 Å². The van der Waals surface area contributed by atoms with E-state index in [1.807, 2.05) is 32.0 Å². The molecule has 132 valence electrons.